The lowest BCUT2D eigenvalue weighted by Crippen LogP contribution is -1.94. The lowest BCUT2D eigenvalue weighted by atomic mass is 10.1. The molecule has 1 unspecified atom stereocenters. The molecule has 0 amide bonds. The highest BCUT2D eigenvalue weighted by atomic mass is 16.5. The molecule has 1 aromatic carbocycles. The minimum absolute atomic E-state index is 0.378. The lowest BCUT2D eigenvalue weighted by molar-refractivity contribution is 0.244. The van der Waals surface area contributed by atoms with Crippen molar-refractivity contribution in [3.8, 4) is 5.75 Å². The minimum Gasteiger partial charge on any atom is -0.497 e. The van der Waals surface area contributed by atoms with Crippen LogP contribution in [0.25, 0.3) is 5.57 Å². The smallest absolute Gasteiger partial charge is 0.119 e. The SMILES string of the molecule is COc1ccc2c(c1)/C(=C\C(C)O)CC2. The zero-order chi connectivity index (χ0) is 10.8. The fourth-order valence-corrected chi connectivity index (χ4v) is 2.07. The van der Waals surface area contributed by atoms with E-state index in [0.717, 1.165) is 18.6 Å². The van der Waals surface area contributed by atoms with E-state index in [9.17, 15) is 5.11 Å². The van der Waals surface area contributed by atoms with Crippen LogP contribution in [-0.4, -0.2) is 18.3 Å². The molecule has 15 heavy (non-hydrogen) atoms. The molecule has 80 valence electrons. The van der Waals surface area contributed by atoms with Crippen molar-refractivity contribution in [1.29, 1.82) is 0 Å². The Labute approximate surface area is 90.2 Å². The molecule has 2 rings (SSSR count). The first kappa shape index (κ1) is 10.2. The van der Waals surface area contributed by atoms with Gasteiger partial charge in [0.25, 0.3) is 0 Å². The van der Waals surface area contributed by atoms with Gasteiger partial charge in [0, 0.05) is 0 Å². The predicted octanol–water partition coefficient (Wildman–Crippen LogP) is 2.41. The van der Waals surface area contributed by atoms with Crippen LogP contribution in [0.3, 0.4) is 0 Å². The Hall–Kier alpha value is -1.28. The summed E-state index contributed by atoms with van der Waals surface area (Å²) in [5, 5.41) is 9.36. The van der Waals surface area contributed by atoms with Crippen LogP contribution in [0, 0.1) is 0 Å². The van der Waals surface area contributed by atoms with Gasteiger partial charge in [0.2, 0.25) is 0 Å². The van der Waals surface area contributed by atoms with Crippen LogP contribution in [0.15, 0.2) is 24.3 Å². The summed E-state index contributed by atoms with van der Waals surface area (Å²) in [6.45, 7) is 1.78. The number of aliphatic hydroxyl groups excluding tert-OH is 1. The molecule has 0 radical (unpaired) electrons. The number of aliphatic hydroxyl groups is 1. The summed E-state index contributed by atoms with van der Waals surface area (Å²) in [5.41, 5.74) is 3.82. The van der Waals surface area contributed by atoms with Gasteiger partial charge >= 0.3 is 0 Å². The molecule has 0 heterocycles. The van der Waals surface area contributed by atoms with Gasteiger partial charge in [0.15, 0.2) is 0 Å². The number of fused-ring (bicyclic) bond motifs is 1. The van der Waals surface area contributed by atoms with E-state index < -0.39 is 0 Å². The third-order valence-corrected chi connectivity index (χ3v) is 2.77. The van der Waals surface area contributed by atoms with Gasteiger partial charge in [-0.2, -0.15) is 0 Å². The summed E-state index contributed by atoms with van der Waals surface area (Å²) in [7, 11) is 1.68. The molecule has 1 aromatic rings. The summed E-state index contributed by atoms with van der Waals surface area (Å²) in [4.78, 5) is 0. The molecule has 1 aliphatic rings. The maximum absolute atomic E-state index is 9.36. The highest BCUT2D eigenvalue weighted by molar-refractivity contribution is 5.73. The molecule has 0 bridgehead atoms. The summed E-state index contributed by atoms with van der Waals surface area (Å²) < 4.78 is 5.20. The molecule has 0 aromatic heterocycles. The predicted molar refractivity (Wildman–Crippen MR) is 61.0 cm³/mol. The van der Waals surface area contributed by atoms with Gasteiger partial charge in [-0.1, -0.05) is 12.1 Å². The molecule has 2 nitrogen and oxygen atoms in total. The van der Waals surface area contributed by atoms with E-state index in [4.69, 9.17) is 4.74 Å². The van der Waals surface area contributed by atoms with E-state index in [1.165, 1.54) is 16.7 Å². The van der Waals surface area contributed by atoms with Crippen molar-refractivity contribution in [2.45, 2.75) is 25.9 Å². The Morgan fingerprint density at radius 3 is 2.87 bits per heavy atom. The average Bonchev–Trinajstić information content (AvgIpc) is 2.60. The normalized spacial score (nSPS) is 19.0. The standard InChI is InChI=1S/C13H16O2/c1-9(14)7-11-4-3-10-5-6-12(15-2)8-13(10)11/h5-9,14H,3-4H2,1-2H3/b11-7-. The van der Waals surface area contributed by atoms with E-state index in [-0.39, 0.29) is 6.10 Å². The Balaban J connectivity index is 2.40. The second-order valence-electron chi connectivity index (χ2n) is 3.96. The molecular weight excluding hydrogens is 188 g/mol. The Morgan fingerprint density at radius 2 is 2.20 bits per heavy atom. The third-order valence-electron chi connectivity index (χ3n) is 2.77. The van der Waals surface area contributed by atoms with E-state index >= 15 is 0 Å². The molecule has 0 saturated carbocycles. The maximum atomic E-state index is 9.36. The first-order chi connectivity index (χ1) is 7.20. The van der Waals surface area contributed by atoms with Crippen LogP contribution in [0.1, 0.15) is 24.5 Å². The number of methoxy groups -OCH3 is 1. The van der Waals surface area contributed by atoms with Crippen LogP contribution in [0.4, 0.5) is 0 Å². The van der Waals surface area contributed by atoms with E-state index in [1.807, 2.05) is 12.1 Å². The Bertz CT molecular complexity index is 392. The summed E-state index contributed by atoms with van der Waals surface area (Å²) in [6.07, 6.45) is 3.63. The van der Waals surface area contributed by atoms with Crippen molar-refractivity contribution < 1.29 is 9.84 Å². The molecule has 1 N–H and O–H groups in total. The van der Waals surface area contributed by atoms with Gasteiger partial charge in [-0.05, 0) is 48.6 Å². The van der Waals surface area contributed by atoms with Crippen molar-refractivity contribution in [3.05, 3.63) is 35.4 Å². The lowest BCUT2D eigenvalue weighted by Gasteiger charge is -2.05. The number of rotatable bonds is 2. The van der Waals surface area contributed by atoms with Crippen LogP contribution >= 0.6 is 0 Å². The first-order valence-electron chi connectivity index (χ1n) is 5.27. The Kier molecular flexibility index (Phi) is 2.78. The van der Waals surface area contributed by atoms with Gasteiger partial charge in [-0.15, -0.1) is 0 Å². The summed E-state index contributed by atoms with van der Waals surface area (Å²) >= 11 is 0. The fraction of sp³-hybridized carbons (Fsp3) is 0.385. The molecule has 0 saturated heterocycles. The minimum atomic E-state index is -0.378. The van der Waals surface area contributed by atoms with Crippen molar-refractivity contribution in [1.82, 2.24) is 0 Å². The Morgan fingerprint density at radius 1 is 1.40 bits per heavy atom. The molecule has 1 atom stereocenters. The number of ether oxygens (including phenoxy) is 1. The molecular formula is C13H16O2. The molecule has 2 heteroatoms. The topological polar surface area (TPSA) is 29.5 Å². The quantitative estimate of drug-likeness (QED) is 0.801. The first-order valence-corrected chi connectivity index (χ1v) is 5.27. The fourth-order valence-electron chi connectivity index (χ4n) is 2.07. The second kappa shape index (κ2) is 4.07. The van der Waals surface area contributed by atoms with Gasteiger partial charge in [-0.25, -0.2) is 0 Å². The van der Waals surface area contributed by atoms with Crippen molar-refractivity contribution in [2.75, 3.05) is 7.11 Å². The highest BCUT2D eigenvalue weighted by Gasteiger charge is 2.16. The van der Waals surface area contributed by atoms with Gasteiger partial charge in [0.05, 0.1) is 13.2 Å². The monoisotopic (exact) mass is 204 g/mol. The van der Waals surface area contributed by atoms with E-state index in [1.54, 1.807) is 14.0 Å². The van der Waals surface area contributed by atoms with Gasteiger partial charge < -0.3 is 9.84 Å². The van der Waals surface area contributed by atoms with E-state index in [0.29, 0.717) is 0 Å². The number of allylic oxidation sites excluding steroid dienone is 1. The maximum Gasteiger partial charge on any atom is 0.119 e. The van der Waals surface area contributed by atoms with Crippen LogP contribution in [0.2, 0.25) is 0 Å². The third kappa shape index (κ3) is 2.05. The molecule has 0 spiro atoms. The summed E-state index contributed by atoms with van der Waals surface area (Å²) in [5.74, 6) is 0.882. The van der Waals surface area contributed by atoms with Crippen LogP contribution in [0.5, 0.6) is 5.75 Å². The number of hydrogen-bond acceptors (Lipinski definition) is 2. The molecule has 0 aliphatic heterocycles. The highest BCUT2D eigenvalue weighted by Crippen LogP contribution is 2.34. The van der Waals surface area contributed by atoms with Crippen LogP contribution < -0.4 is 4.74 Å². The van der Waals surface area contributed by atoms with Gasteiger partial charge in [0.1, 0.15) is 5.75 Å². The zero-order valence-corrected chi connectivity index (χ0v) is 9.16. The van der Waals surface area contributed by atoms with Crippen LogP contribution in [-0.2, 0) is 6.42 Å². The largest absolute Gasteiger partial charge is 0.497 e. The summed E-state index contributed by atoms with van der Waals surface area (Å²) in [6, 6.07) is 6.15. The zero-order valence-electron chi connectivity index (χ0n) is 9.16. The molecule has 1 aliphatic carbocycles. The second-order valence-corrected chi connectivity index (χ2v) is 3.96. The van der Waals surface area contributed by atoms with Crippen molar-refractivity contribution >= 4 is 5.57 Å². The average molecular weight is 204 g/mol. The van der Waals surface area contributed by atoms with Gasteiger partial charge in [-0.3, -0.25) is 0 Å². The number of aryl methyl sites for hydroxylation is 1. The molecule has 0 fully saturated rings. The number of benzene rings is 1. The van der Waals surface area contributed by atoms with Crippen molar-refractivity contribution in [3.63, 3.8) is 0 Å². The van der Waals surface area contributed by atoms with Crippen molar-refractivity contribution in [2.24, 2.45) is 0 Å². The number of hydrogen-bond donors (Lipinski definition) is 1. The van der Waals surface area contributed by atoms with E-state index in [2.05, 4.69) is 12.1 Å².